The maximum absolute atomic E-state index is 12.8. The first kappa shape index (κ1) is 86.4. The van der Waals surface area contributed by atoms with Crippen LogP contribution in [0, 0.1) is 0 Å². The number of hydrogen-bond acceptors (Lipinski definition) is 14. The summed E-state index contributed by atoms with van der Waals surface area (Å²) in [4.78, 5) is 58.2. The Morgan fingerprint density at radius 3 is 0.978 bits per heavy atom. The summed E-state index contributed by atoms with van der Waals surface area (Å²) >= 11 is 0. The van der Waals surface area contributed by atoms with E-state index in [1.165, 1.54) is 32.1 Å². The van der Waals surface area contributed by atoms with E-state index < -0.39 is 91.5 Å². The molecule has 4 N–H and O–H groups in total. The Hall–Kier alpha value is -4.57. The van der Waals surface area contributed by atoms with E-state index in [9.17, 15) is 43.5 Å². The number of unbranched alkanes of at least 4 members (excludes halogenated alkanes) is 16. The number of aliphatic hydroxyl groups excluding tert-OH is 2. The van der Waals surface area contributed by atoms with E-state index in [0.717, 1.165) is 141 Å². The molecule has 18 heteroatoms. The average molecular weight is 1320 g/mol. The van der Waals surface area contributed by atoms with E-state index in [1.807, 2.05) is 12.2 Å². The summed E-state index contributed by atoms with van der Waals surface area (Å²) in [7, 11) is -9.80. The van der Waals surface area contributed by atoms with Crippen LogP contribution in [0.2, 0.25) is 0 Å². The Kier molecular flexibility index (Phi) is 62.2. The molecule has 0 aromatic rings. The van der Waals surface area contributed by atoms with E-state index in [1.54, 1.807) is 0 Å². The molecule has 0 fully saturated rings. The maximum Gasteiger partial charge on any atom is 0.472 e. The lowest BCUT2D eigenvalue weighted by Crippen LogP contribution is -2.30. The Balaban J connectivity index is 4.55. The van der Waals surface area contributed by atoms with Crippen LogP contribution >= 0.6 is 15.6 Å². The van der Waals surface area contributed by atoms with Gasteiger partial charge in [-0.1, -0.05) is 237 Å². The number of allylic oxidation sites excluding steroid dienone is 24. The molecule has 0 bridgehead atoms. The van der Waals surface area contributed by atoms with E-state index in [0.29, 0.717) is 25.7 Å². The number of carbonyl (C=O) groups excluding carboxylic acids is 3. The van der Waals surface area contributed by atoms with E-state index in [4.69, 9.17) is 32.3 Å². The van der Waals surface area contributed by atoms with Crippen molar-refractivity contribution < 1.29 is 75.8 Å². The summed E-state index contributed by atoms with van der Waals surface area (Å²) < 4.78 is 60.7. The summed E-state index contributed by atoms with van der Waals surface area (Å²) in [6.45, 7) is 2.28. The number of ether oxygens (including phenoxy) is 3. The fourth-order valence-electron chi connectivity index (χ4n) is 8.35. The third-order valence-corrected chi connectivity index (χ3v) is 15.4. The molecular formula is C73H120O16P2. The Morgan fingerprint density at radius 2 is 0.593 bits per heavy atom. The van der Waals surface area contributed by atoms with Gasteiger partial charge in [0, 0.05) is 19.3 Å². The molecule has 0 saturated heterocycles. The van der Waals surface area contributed by atoms with Gasteiger partial charge in [0.15, 0.2) is 6.10 Å². The molecule has 5 unspecified atom stereocenters. The van der Waals surface area contributed by atoms with Crippen LogP contribution in [-0.4, -0.2) is 95.9 Å². The normalized spacial score (nSPS) is 15.1. The van der Waals surface area contributed by atoms with Crippen LogP contribution in [0.4, 0.5) is 0 Å². The van der Waals surface area contributed by atoms with Gasteiger partial charge < -0.3 is 34.2 Å². The molecule has 0 amide bonds. The van der Waals surface area contributed by atoms with Gasteiger partial charge in [0.25, 0.3) is 0 Å². The van der Waals surface area contributed by atoms with E-state index >= 15 is 0 Å². The predicted molar refractivity (Wildman–Crippen MR) is 371 cm³/mol. The van der Waals surface area contributed by atoms with Gasteiger partial charge in [-0.2, -0.15) is 0 Å². The number of esters is 3. The number of aliphatic hydroxyl groups is 2. The topological polar surface area (TPSA) is 231 Å². The van der Waals surface area contributed by atoms with Crippen LogP contribution in [0.5, 0.6) is 0 Å². The zero-order chi connectivity index (χ0) is 66.7. The smallest absolute Gasteiger partial charge is 0.463 e. The van der Waals surface area contributed by atoms with Crippen molar-refractivity contribution in [3.8, 4) is 0 Å². The van der Waals surface area contributed by atoms with Crippen LogP contribution in [0.15, 0.2) is 146 Å². The Labute approximate surface area is 549 Å². The molecule has 16 nitrogen and oxygen atoms in total. The third kappa shape index (κ3) is 66.7. The first-order valence-electron chi connectivity index (χ1n) is 34.1. The maximum atomic E-state index is 12.8. The highest BCUT2D eigenvalue weighted by Crippen LogP contribution is 2.45. The quantitative estimate of drug-likeness (QED) is 0.0146. The zero-order valence-electron chi connectivity index (χ0n) is 56.0. The van der Waals surface area contributed by atoms with Crippen molar-refractivity contribution in [1.82, 2.24) is 0 Å². The Bertz CT molecular complexity index is 2240. The molecule has 5 atom stereocenters. The molecule has 0 aliphatic rings. The van der Waals surface area contributed by atoms with Crippen molar-refractivity contribution in [3.63, 3.8) is 0 Å². The highest BCUT2D eigenvalue weighted by Gasteiger charge is 2.29. The second-order valence-electron chi connectivity index (χ2n) is 22.2. The summed E-state index contributed by atoms with van der Waals surface area (Å²) in [5.74, 6) is -1.67. The van der Waals surface area contributed by atoms with Gasteiger partial charge in [-0.05, 0) is 128 Å². The van der Waals surface area contributed by atoms with Gasteiger partial charge in [-0.15, -0.1) is 0 Å². The number of carbonyl (C=O) groups is 3. The number of phosphoric acid groups is 2. The summed E-state index contributed by atoms with van der Waals surface area (Å²) in [6, 6.07) is 0. The lowest BCUT2D eigenvalue weighted by Gasteiger charge is -2.21. The van der Waals surface area contributed by atoms with Crippen molar-refractivity contribution in [1.29, 1.82) is 0 Å². The molecule has 0 radical (unpaired) electrons. The molecule has 0 heterocycles. The molecule has 0 aromatic carbocycles. The molecule has 0 aliphatic carbocycles. The van der Waals surface area contributed by atoms with Crippen molar-refractivity contribution in [3.05, 3.63) is 146 Å². The minimum atomic E-state index is -4.94. The van der Waals surface area contributed by atoms with Crippen molar-refractivity contribution in [2.75, 3.05) is 39.6 Å². The molecule has 91 heavy (non-hydrogen) atoms. The molecule has 0 aromatic heterocycles. The minimum absolute atomic E-state index is 0.0777. The van der Waals surface area contributed by atoms with Gasteiger partial charge in [0.1, 0.15) is 25.4 Å². The second kappa shape index (κ2) is 65.5. The summed E-state index contributed by atoms with van der Waals surface area (Å²) in [6.07, 6.45) is 77.8. The monoisotopic (exact) mass is 1310 g/mol. The van der Waals surface area contributed by atoms with Gasteiger partial charge >= 0.3 is 33.6 Å². The fraction of sp³-hybridized carbons (Fsp3) is 0.630. The standard InChI is InChI=1S/C73H120O16P2/c1-4-7-10-13-16-19-22-24-26-28-29-30-31-32-33-34-35-36-37-39-41-42-45-47-50-53-56-59-71(76)83-62-68(74)63-85-90(79,80)86-64-69(75)65-87-91(81,82)88-67-70(89-73(78)61-58-55-52-49-44-21-18-15-12-9-6-3)66-84-72(77)60-57-54-51-48-46-43-40-38-27-25-23-20-17-14-11-8-5-2/h7-8,10-11,15-20,24-27,29-30,32-33,35-36,40,43,48,51,68-70,74-75H,4-6,9,12-14,21-23,28,31,34,37-39,41-42,44-47,49-50,52-67H2,1-3H3,(H,79,80)(H,81,82)/b10-7-,11-8-,18-15-,19-16-,20-17-,26-24-,27-25-,30-29-,33-32-,36-35-,43-40-,51-48-. The average Bonchev–Trinajstić information content (AvgIpc) is 3.69. The van der Waals surface area contributed by atoms with Gasteiger partial charge in [0.2, 0.25) is 0 Å². The molecule has 518 valence electrons. The molecule has 0 aliphatic heterocycles. The highest BCUT2D eigenvalue weighted by molar-refractivity contribution is 7.47. The molecule has 0 rings (SSSR count). The predicted octanol–water partition coefficient (Wildman–Crippen LogP) is 19.0. The Morgan fingerprint density at radius 1 is 0.319 bits per heavy atom. The molecule has 0 spiro atoms. The van der Waals surface area contributed by atoms with Crippen LogP contribution in [0.1, 0.15) is 239 Å². The summed E-state index contributed by atoms with van der Waals surface area (Å²) in [5, 5.41) is 20.5. The lowest BCUT2D eigenvalue weighted by atomic mass is 10.1. The highest BCUT2D eigenvalue weighted by atomic mass is 31.2. The summed E-state index contributed by atoms with van der Waals surface area (Å²) in [5.41, 5.74) is 0. The zero-order valence-corrected chi connectivity index (χ0v) is 57.7. The largest absolute Gasteiger partial charge is 0.472 e. The van der Waals surface area contributed by atoms with Gasteiger partial charge in [-0.25, -0.2) is 9.13 Å². The first-order chi connectivity index (χ1) is 44.2. The number of rotatable bonds is 63. The van der Waals surface area contributed by atoms with Gasteiger partial charge in [-0.3, -0.25) is 32.5 Å². The van der Waals surface area contributed by atoms with Crippen molar-refractivity contribution in [2.24, 2.45) is 0 Å². The lowest BCUT2D eigenvalue weighted by molar-refractivity contribution is -0.161. The van der Waals surface area contributed by atoms with Crippen LogP contribution in [0.3, 0.4) is 0 Å². The second-order valence-corrected chi connectivity index (χ2v) is 25.1. The first-order valence-corrected chi connectivity index (χ1v) is 37.1. The number of phosphoric ester groups is 2. The number of hydrogen-bond donors (Lipinski definition) is 4. The molecular weight excluding hydrogens is 1190 g/mol. The molecule has 0 saturated carbocycles. The van der Waals surface area contributed by atoms with Crippen molar-refractivity contribution >= 4 is 33.6 Å². The van der Waals surface area contributed by atoms with Crippen LogP contribution < -0.4 is 0 Å². The van der Waals surface area contributed by atoms with E-state index in [-0.39, 0.29) is 19.3 Å². The van der Waals surface area contributed by atoms with E-state index in [2.05, 4.69) is 154 Å². The third-order valence-electron chi connectivity index (χ3n) is 13.5. The SMILES string of the molecule is CC/C=C\C/C=C\C/C=C\C/C=C\C/C=C\C/C=C\CCCCCCCCCCC(=O)OCC(O)COP(=O)(O)OCC(O)COP(=O)(O)OCC(COC(=O)CCC/C=C\C/C=C\C/C=C\C/C=C\C/C=C\CC)OC(=O)CCCCCCC/C=C\CCCC. The van der Waals surface area contributed by atoms with Crippen molar-refractivity contribution in [2.45, 2.75) is 257 Å². The van der Waals surface area contributed by atoms with Gasteiger partial charge in [0.05, 0.1) is 26.4 Å². The van der Waals surface area contributed by atoms with Crippen LogP contribution in [-0.2, 0) is 55.8 Å². The fourth-order valence-corrected chi connectivity index (χ4v) is 9.94. The van der Waals surface area contributed by atoms with Crippen LogP contribution in [0.25, 0.3) is 0 Å². The minimum Gasteiger partial charge on any atom is -0.463 e.